The Morgan fingerprint density at radius 3 is 2.75 bits per heavy atom. The van der Waals surface area contributed by atoms with Gasteiger partial charge in [-0.3, -0.25) is 4.99 Å². The molecule has 0 radical (unpaired) electrons. The molecule has 1 atom stereocenters. The average Bonchev–Trinajstić information content (AvgIpc) is 2.81. The summed E-state index contributed by atoms with van der Waals surface area (Å²) in [7, 11) is 0. The third kappa shape index (κ3) is 2.23. The zero-order valence-corrected chi connectivity index (χ0v) is 11.4. The number of nitrogens with zero attached hydrogens (tertiary/aromatic N) is 2. The highest BCUT2D eigenvalue weighted by Gasteiger charge is 2.30. The highest BCUT2D eigenvalue weighted by atomic mass is 35.5. The highest BCUT2D eigenvalue weighted by molar-refractivity contribution is 6.33. The van der Waals surface area contributed by atoms with Crippen LogP contribution in [0.2, 0.25) is 5.02 Å². The van der Waals surface area contributed by atoms with Gasteiger partial charge < -0.3 is 10.6 Å². The van der Waals surface area contributed by atoms with E-state index in [1.165, 1.54) is 12.1 Å². The van der Waals surface area contributed by atoms with Gasteiger partial charge in [-0.25, -0.2) is 4.39 Å². The number of hydrogen-bond acceptors (Lipinski definition) is 3. The third-order valence-electron chi connectivity index (χ3n) is 3.33. The molecule has 3 nitrogen and oxygen atoms in total. The average molecular weight is 290 g/mol. The van der Waals surface area contributed by atoms with E-state index in [0.717, 1.165) is 11.3 Å². The number of para-hydroxylation sites is 1. The maximum atomic E-state index is 13.4. The smallest absolute Gasteiger partial charge is 0.196 e. The molecule has 1 aliphatic heterocycles. The number of hydrogen-bond donors (Lipinski definition) is 1. The van der Waals surface area contributed by atoms with Crippen molar-refractivity contribution in [3.05, 3.63) is 64.9 Å². The molecule has 0 fully saturated rings. The van der Waals surface area contributed by atoms with Crippen LogP contribution in [-0.4, -0.2) is 12.5 Å². The number of benzene rings is 2. The van der Waals surface area contributed by atoms with Gasteiger partial charge in [-0.15, -0.1) is 0 Å². The minimum Gasteiger partial charge on any atom is -0.369 e. The predicted octanol–water partition coefficient (Wildman–Crippen LogP) is 3.36. The molecule has 2 N–H and O–H groups in total. The highest BCUT2D eigenvalue weighted by Crippen LogP contribution is 2.35. The molecule has 0 aliphatic carbocycles. The zero-order valence-electron chi connectivity index (χ0n) is 10.6. The van der Waals surface area contributed by atoms with Crippen LogP contribution in [0, 0.1) is 5.82 Å². The fourth-order valence-electron chi connectivity index (χ4n) is 2.40. The lowest BCUT2D eigenvalue weighted by Crippen LogP contribution is -2.36. The maximum absolute atomic E-state index is 13.4. The molecule has 0 saturated carbocycles. The van der Waals surface area contributed by atoms with Crippen molar-refractivity contribution in [2.75, 3.05) is 11.4 Å². The Hall–Kier alpha value is -2.07. The van der Waals surface area contributed by atoms with Crippen LogP contribution in [0.3, 0.4) is 0 Å². The van der Waals surface area contributed by atoms with Crippen LogP contribution < -0.4 is 10.6 Å². The summed E-state index contributed by atoms with van der Waals surface area (Å²) in [6.07, 6.45) is 0. The standard InChI is InChI=1S/C15H13ClFN3/c16-12-6-1-2-7-13(12)20-14(9-19-15(20)18)10-4-3-5-11(17)8-10/h1-8,14H,9H2,(H2,18,19). The lowest BCUT2D eigenvalue weighted by molar-refractivity contribution is 0.621. The van der Waals surface area contributed by atoms with E-state index in [-0.39, 0.29) is 11.9 Å². The molecule has 0 amide bonds. The summed E-state index contributed by atoms with van der Waals surface area (Å²) in [5.74, 6) is 0.124. The van der Waals surface area contributed by atoms with E-state index in [9.17, 15) is 4.39 Å². The van der Waals surface area contributed by atoms with Gasteiger partial charge >= 0.3 is 0 Å². The van der Waals surface area contributed by atoms with Crippen molar-refractivity contribution < 1.29 is 4.39 Å². The SMILES string of the molecule is NC1=NCC(c2cccc(F)c2)N1c1ccccc1Cl. The van der Waals surface area contributed by atoms with E-state index in [4.69, 9.17) is 17.3 Å². The minimum absolute atomic E-state index is 0.134. The van der Waals surface area contributed by atoms with Gasteiger partial charge in [0.1, 0.15) is 5.82 Å². The van der Waals surface area contributed by atoms with E-state index < -0.39 is 0 Å². The zero-order chi connectivity index (χ0) is 14.1. The fraction of sp³-hybridized carbons (Fsp3) is 0.133. The Labute approximate surface area is 121 Å². The van der Waals surface area contributed by atoms with Crippen LogP contribution in [0.5, 0.6) is 0 Å². The second kappa shape index (κ2) is 5.13. The van der Waals surface area contributed by atoms with Gasteiger partial charge in [0.05, 0.1) is 23.3 Å². The van der Waals surface area contributed by atoms with Crippen molar-refractivity contribution in [3.63, 3.8) is 0 Å². The minimum atomic E-state index is -0.271. The van der Waals surface area contributed by atoms with Crippen LogP contribution >= 0.6 is 11.6 Å². The molecule has 5 heteroatoms. The normalized spacial score (nSPS) is 18.2. The first-order valence-corrected chi connectivity index (χ1v) is 6.64. The predicted molar refractivity (Wildman–Crippen MR) is 79.6 cm³/mol. The molecular formula is C15H13ClFN3. The second-order valence-corrected chi connectivity index (χ2v) is 5.00. The van der Waals surface area contributed by atoms with Crippen molar-refractivity contribution in [1.82, 2.24) is 0 Å². The summed E-state index contributed by atoms with van der Waals surface area (Å²) < 4.78 is 13.4. The summed E-state index contributed by atoms with van der Waals surface area (Å²) in [6, 6.07) is 13.8. The van der Waals surface area contributed by atoms with E-state index in [0.29, 0.717) is 17.5 Å². The van der Waals surface area contributed by atoms with Crippen molar-refractivity contribution in [2.24, 2.45) is 10.7 Å². The molecule has 2 aromatic rings. The molecule has 0 saturated heterocycles. The Balaban J connectivity index is 2.03. The number of nitrogens with two attached hydrogens (primary N) is 1. The van der Waals surface area contributed by atoms with Gasteiger partial charge in [-0.2, -0.15) is 0 Å². The van der Waals surface area contributed by atoms with Crippen molar-refractivity contribution in [2.45, 2.75) is 6.04 Å². The molecular weight excluding hydrogens is 277 g/mol. The summed E-state index contributed by atoms with van der Waals surface area (Å²) >= 11 is 6.23. The van der Waals surface area contributed by atoms with Gasteiger partial charge in [-0.05, 0) is 29.8 Å². The number of aliphatic imine (C=N–C) groups is 1. The molecule has 0 bridgehead atoms. The van der Waals surface area contributed by atoms with Gasteiger partial charge in [0, 0.05) is 0 Å². The van der Waals surface area contributed by atoms with Crippen molar-refractivity contribution >= 4 is 23.2 Å². The van der Waals surface area contributed by atoms with E-state index >= 15 is 0 Å². The Bertz CT molecular complexity index is 672. The summed E-state index contributed by atoms with van der Waals surface area (Å²) in [4.78, 5) is 6.11. The molecule has 2 aromatic carbocycles. The van der Waals surface area contributed by atoms with Crippen LogP contribution in [0.25, 0.3) is 0 Å². The number of halogens is 2. The van der Waals surface area contributed by atoms with Gasteiger partial charge in [0.25, 0.3) is 0 Å². The fourth-order valence-corrected chi connectivity index (χ4v) is 2.63. The number of guanidine groups is 1. The van der Waals surface area contributed by atoms with E-state index in [1.807, 2.05) is 29.2 Å². The van der Waals surface area contributed by atoms with Crippen LogP contribution in [0.1, 0.15) is 11.6 Å². The Morgan fingerprint density at radius 2 is 2.00 bits per heavy atom. The van der Waals surface area contributed by atoms with Crippen LogP contribution in [0.4, 0.5) is 10.1 Å². The molecule has 20 heavy (non-hydrogen) atoms. The Morgan fingerprint density at radius 1 is 1.20 bits per heavy atom. The van der Waals surface area contributed by atoms with Gasteiger partial charge in [-0.1, -0.05) is 35.9 Å². The second-order valence-electron chi connectivity index (χ2n) is 4.59. The lowest BCUT2D eigenvalue weighted by atomic mass is 10.1. The first-order valence-electron chi connectivity index (χ1n) is 6.26. The van der Waals surface area contributed by atoms with Crippen LogP contribution in [-0.2, 0) is 0 Å². The molecule has 3 rings (SSSR count). The monoisotopic (exact) mass is 289 g/mol. The quantitative estimate of drug-likeness (QED) is 0.921. The van der Waals surface area contributed by atoms with Crippen LogP contribution in [0.15, 0.2) is 53.5 Å². The van der Waals surface area contributed by atoms with Gasteiger partial charge in [0.2, 0.25) is 0 Å². The van der Waals surface area contributed by atoms with Crippen molar-refractivity contribution in [1.29, 1.82) is 0 Å². The Kier molecular flexibility index (Phi) is 3.32. The summed E-state index contributed by atoms with van der Waals surface area (Å²) in [5, 5.41) is 0.592. The molecule has 1 aliphatic rings. The molecule has 0 aromatic heterocycles. The molecule has 1 unspecified atom stereocenters. The van der Waals surface area contributed by atoms with Gasteiger partial charge in [0.15, 0.2) is 5.96 Å². The van der Waals surface area contributed by atoms with E-state index in [1.54, 1.807) is 12.1 Å². The first kappa shape index (κ1) is 12.9. The lowest BCUT2D eigenvalue weighted by Gasteiger charge is -2.27. The third-order valence-corrected chi connectivity index (χ3v) is 3.65. The maximum Gasteiger partial charge on any atom is 0.196 e. The van der Waals surface area contributed by atoms with Crippen molar-refractivity contribution in [3.8, 4) is 0 Å². The summed E-state index contributed by atoms with van der Waals surface area (Å²) in [6.45, 7) is 0.487. The topological polar surface area (TPSA) is 41.6 Å². The summed E-state index contributed by atoms with van der Waals surface area (Å²) in [5.41, 5.74) is 7.58. The largest absolute Gasteiger partial charge is 0.369 e. The number of anilines is 1. The van der Waals surface area contributed by atoms with E-state index in [2.05, 4.69) is 4.99 Å². The molecule has 102 valence electrons. The molecule has 1 heterocycles. The molecule has 0 spiro atoms. The number of rotatable bonds is 2. The first-order chi connectivity index (χ1) is 9.66.